The number of rotatable bonds is 12. The minimum absolute atomic E-state index is 0.0833. The number of carbonyl (C=O) groups is 4. The molecule has 0 aliphatic rings. The van der Waals surface area contributed by atoms with Crippen LogP contribution in [-0.4, -0.2) is 58.1 Å². The smallest absolute Gasteiger partial charge is 0.408 e. The van der Waals surface area contributed by atoms with Crippen molar-refractivity contribution in [1.29, 1.82) is 0 Å². The molecule has 0 fully saturated rings. The fraction of sp³-hybridized carbons (Fsp3) is 0.520. The standard InChI is InChI=1S/C25H38N4O6/c1-7-10-16(3)27-22(32)21(17-11-9-12-18(30)14-17)29(13-8-2)23(33)19(15-20(26)31)28-24(34)35-25(4,5)6/h8-9,11-12,14,16,19,21,30H,2,7,10,13,15H2,1,3-6H3,(H2,26,31)(H,27,32)(H,28,34). The summed E-state index contributed by atoms with van der Waals surface area (Å²) in [5.41, 5.74) is 4.84. The summed E-state index contributed by atoms with van der Waals surface area (Å²) in [4.78, 5) is 52.3. The molecular weight excluding hydrogens is 452 g/mol. The van der Waals surface area contributed by atoms with Gasteiger partial charge in [-0.25, -0.2) is 4.79 Å². The van der Waals surface area contributed by atoms with Crippen molar-refractivity contribution in [3.63, 3.8) is 0 Å². The Morgan fingerprint density at radius 2 is 1.89 bits per heavy atom. The molecular formula is C25H38N4O6. The highest BCUT2D eigenvalue weighted by atomic mass is 16.6. The van der Waals surface area contributed by atoms with E-state index in [4.69, 9.17) is 10.5 Å². The molecule has 0 aliphatic heterocycles. The van der Waals surface area contributed by atoms with Crippen molar-refractivity contribution < 1.29 is 29.0 Å². The van der Waals surface area contributed by atoms with Crippen LogP contribution in [0, 0.1) is 0 Å². The van der Waals surface area contributed by atoms with Crippen molar-refractivity contribution in [3.8, 4) is 5.75 Å². The molecule has 5 N–H and O–H groups in total. The van der Waals surface area contributed by atoms with E-state index in [0.717, 1.165) is 12.8 Å². The van der Waals surface area contributed by atoms with E-state index in [-0.39, 0.29) is 18.3 Å². The molecule has 0 aromatic heterocycles. The number of nitrogens with one attached hydrogen (secondary N) is 2. The maximum atomic E-state index is 13.6. The fourth-order valence-corrected chi connectivity index (χ4v) is 3.51. The van der Waals surface area contributed by atoms with Gasteiger partial charge in [0.25, 0.3) is 0 Å². The molecule has 3 unspecified atom stereocenters. The maximum absolute atomic E-state index is 13.6. The van der Waals surface area contributed by atoms with Crippen molar-refractivity contribution in [2.24, 2.45) is 5.73 Å². The van der Waals surface area contributed by atoms with Gasteiger partial charge in [-0.1, -0.05) is 31.6 Å². The van der Waals surface area contributed by atoms with Crippen LogP contribution in [0.5, 0.6) is 5.75 Å². The van der Waals surface area contributed by atoms with E-state index in [1.165, 1.54) is 23.1 Å². The molecule has 3 atom stereocenters. The minimum atomic E-state index is -1.39. The first kappa shape index (κ1) is 29.5. The lowest BCUT2D eigenvalue weighted by Gasteiger charge is -2.34. The normalized spacial score (nSPS) is 13.6. The van der Waals surface area contributed by atoms with Gasteiger partial charge >= 0.3 is 6.09 Å². The van der Waals surface area contributed by atoms with Crippen LogP contribution in [0.1, 0.15) is 65.5 Å². The Kier molecular flexibility index (Phi) is 11.2. The van der Waals surface area contributed by atoms with E-state index in [2.05, 4.69) is 17.2 Å². The Balaban J connectivity index is 3.44. The second-order valence-corrected chi connectivity index (χ2v) is 9.34. The van der Waals surface area contributed by atoms with Gasteiger partial charge in [-0.3, -0.25) is 14.4 Å². The van der Waals surface area contributed by atoms with Gasteiger partial charge in [-0.05, 0) is 51.8 Å². The Morgan fingerprint density at radius 1 is 1.23 bits per heavy atom. The molecule has 0 spiro atoms. The Morgan fingerprint density at radius 3 is 2.40 bits per heavy atom. The van der Waals surface area contributed by atoms with Gasteiger partial charge < -0.3 is 31.1 Å². The largest absolute Gasteiger partial charge is 0.508 e. The first-order chi connectivity index (χ1) is 16.3. The third-order valence-electron chi connectivity index (χ3n) is 4.86. The number of hydrogen-bond acceptors (Lipinski definition) is 6. The highest BCUT2D eigenvalue weighted by molar-refractivity contribution is 5.94. The molecule has 10 nitrogen and oxygen atoms in total. The van der Waals surface area contributed by atoms with Crippen LogP contribution in [0.3, 0.4) is 0 Å². The Hall–Kier alpha value is -3.56. The van der Waals surface area contributed by atoms with Gasteiger partial charge in [-0.15, -0.1) is 6.58 Å². The monoisotopic (exact) mass is 490 g/mol. The molecule has 0 radical (unpaired) electrons. The number of carbonyl (C=O) groups excluding carboxylic acids is 4. The number of ether oxygens (including phenoxy) is 1. The molecule has 1 aromatic carbocycles. The third-order valence-corrected chi connectivity index (χ3v) is 4.86. The zero-order chi connectivity index (χ0) is 26.8. The van der Waals surface area contributed by atoms with Crippen molar-refractivity contribution >= 4 is 23.8 Å². The summed E-state index contributed by atoms with van der Waals surface area (Å²) >= 11 is 0. The molecule has 10 heteroatoms. The second kappa shape index (κ2) is 13.4. The van der Waals surface area contributed by atoms with Crippen LogP contribution in [-0.2, 0) is 19.1 Å². The summed E-state index contributed by atoms with van der Waals surface area (Å²) in [6.45, 7) is 12.4. The van der Waals surface area contributed by atoms with Gasteiger partial charge in [0.05, 0.1) is 6.42 Å². The van der Waals surface area contributed by atoms with Crippen LogP contribution < -0.4 is 16.4 Å². The number of nitrogens with two attached hydrogens (primary N) is 1. The lowest BCUT2D eigenvalue weighted by atomic mass is 10.0. The molecule has 0 heterocycles. The van der Waals surface area contributed by atoms with Crippen LogP contribution in [0.4, 0.5) is 4.79 Å². The molecule has 194 valence electrons. The number of phenols is 1. The van der Waals surface area contributed by atoms with Gasteiger partial charge in [-0.2, -0.15) is 0 Å². The summed E-state index contributed by atoms with van der Waals surface area (Å²) < 4.78 is 5.22. The van der Waals surface area contributed by atoms with Crippen molar-refractivity contribution in [3.05, 3.63) is 42.5 Å². The summed E-state index contributed by atoms with van der Waals surface area (Å²) in [7, 11) is 0. The van der Waals surface area contributed by atoms with E-state index < -0.39 is 47.9 Å². The highest BCUT2D eigenvalue weighted by Gasteiger charge is 2.36. The van der Waals surface area contributed by atoms with Crippen LogP contribution in [0.25, 0.3) is 0 Å². The van der Waals surface area contributed by atoms with Crippen molar-refractivity contribution in [2.45, 2.75) is 77.6 Å². The van der Waals surface area contributed by atoms with Gasteiger partial charge in [0.15, 0.2) is 0 Å². The van der Waals surface area contributed by atoms with Crippen molar-refractivity contribution in [2.75, 3.05) is 6.54 Å². The summed E-state index contributed by atoms with van der Waals surface area (Å²) in [6, 6.07) is 3.24. The predicted molar refractivity (Wildman–Crippen MR) is 132 cm³/mol. The van der Waals surface area contributed by atoms with Crippen molar-refractivity contribution in [1.82, 2.24) is 15.5 Å². The second-order valence-electron chi connectivity index (χ2n) is 9.34. The molecule has 1 aromatic rings. The van der Waals surface area contributed by atoms with E-state index in [0.29, 0.717) is 5.56 Å². The lowest BCUT2D eigenvalue weighted by molar-refractivity contribution is -0.143. The zero-order valence-corrected chi connectivity index (χ0v) is 21.2. The van der Waals surface area contributed by atoms with Crippen LogP contribution in [0.15, 0.2) is 36.9 Å². The molecule has 0 saturated carbocycles. The number of amides is 4. The molecule has 4 amide bonds. The Bertz CT molecular complexity index is 911. The maximum Gasteiger partial charge on any atom is 0.408 e. The van der Waals surface area contributed by atoms with E-state index >= 15 is 0 Å². The number of hydrogen-bond donors (Lipinski definition) is 4. The van der Waals surface area contributed by atoms with E-state index in [1.807, 2.05) is 13.8 Å². The quantitative estimate of drug-likeness (QED) is 0.331. The summed E-state index contributed by atoms with van der Waals surface area (Å²) in [5.74, 6) is -2.13. The van der Waals surface area contributed by atoms with E-state index in [9.17, 15) is 24.3 Å². The average Bonchev–Trinajstić information content (AvgIpc) is 2.71. The van der Waals surface area contributed by atoms with Crippen LogP contribution >= 0.6 is 0 Å². The summed E-state index contributed by atoms with van der Waals surface area (Å²) in [5, 5.41) is 15.3. The zero-order valence-electron chi connectivity index (χ0n) is 21.2. The minimum Gasteiger partial charge on any atom is -0.508 e. The number of benzene rings is 1. The van der Waals surface area contributed by atoms with Gasteiger partial charge in [0, 0.05) is 12.6 Å². The number of aromatic hydroxyl groups is 1. The molecule has 35 heavy (non-hydrogen) atoms. The molecule has 1 rings (SSSR count). The number of nitrogens with zero attached hydrogens (tertiary/aromatic N) is 1. The molecule has 0 saturated heterocycles. The Labute approximate surface area is 206 Å². The number of phenolic OH excluding ortho intramolecular Hbond substituents is 1. The first-order valence-electron chi connectivity index (χ1n) is 11.6. The fourth-order valence-electron chi connectivity index (χ4n) is 3.51. The number of alkyl carbamates (subject to hydrolysis) is 1. The third kappa shape index (κ3) is 10.1. The van der Waals surface area contributed by atoms with Crippen LogP contribution in [0.2, 0.25) is 0 Å². The molecule has 0 aliphatic carbocycles. The molecule has 0 bridgehead atoms. The first-order valence-corrected chi connectivity index (χ1v) is 11.6. The van der Waals surface area contributed by atoms with Gasteiger partial charge in [0.1, 0.15) is 23.4 Å². The lowest BCUT2D eigenvalue weighted by Crippen LogP contribution is -2.54. The van der Waals surface area contributed by atoms with Gasteiger partial charge in [0.2, 0.25) is 17.7 Å². The SMILES string of the molecule is C=CCN(C(=O)C(CC(N)=O)NC(=O)OC(C)(C)C)C(C(=O)NC(C)CCC)c1cccc(O)c1. The predicted octanol–water partition coefficient (Wildman–Crippen LogP) is 2.52. The highest BCUT2D eigenvalue weighted by Crippen LogP contribution is 2.26. The van der Waals surface area contributed by atoms with E-state index in [1.54, 1.807) is 32.9 Å². The average molecular weight is 491 g/mol. The topological polar surface area (TPSA) is 151 Å². The number of primary amides is 1. The summed E-state index contributed by atoms with van der Waals surface area (Å²) in [6.07, 6.45) is 1.56.